The summed E-state index contributed by atoms with van der Waals surface area (Å²) in [6, 6.07) is 43.5. The van der Waals surface area contributed by atoms with Gasteiger partial charge in [-0.15, -0.1) is 22.7 Å². The number of anilines is 4. The van der Waals surface area contributed by atoms with E-state index in [1.54, 1.807) is 72.8 Å². The van der Waals surface area contributed by atoms with Crippen LogP contribution in [0.3, 0.4) is 0 Å². The maximum absolute atomic E-state index is 14.1. The number of pyridine rings is 2. The van der Waals surface area contributed by atoms with Crippen molar-refractivity contribution in [2.24, 2.45) is 0 Å². The predicted octanol–water partition coefficient (Wildman–Crippen LogP) is 27.3. The molecule has 0 spiro atoms. The molecule has 16 heteroatoms. The number of ether oxygens (including phenoxy) is 4. The Morgan fingerprint density at radius 1 is 0.263 bits per heavy atom. The lowest BCUT2D eigenvalue weighted by Gasteiger charge is -2.10. The van der Waals surface area contributed by atoms with E-state index >= 15 is 0 Å². The van der Waals surface area contributed by atoms with Crippen molar-refractivity contribution in [2.45, 2.75) is 285 Å². The summed E-state index contributed by atoms with van der Waals surface area (Å²) in [4.78, 5) is 69.0. The third-order valence-electron chi connectivity index (χ3n) is 20.2. The van der Waals surface area contributed by atoms with Gasteiger partial charge in [-0.2, -0.15) is 0 Å². The molecule has 4 heterocycles. The van der Waals surface area contributed by atoms with Crippen molar-refractivity contribution in [2.75, 3.05) is 47.7 Å². The summed E-state index contributed by atoms with van der Waals surface area (Å²) >= 11 is 3.00. The number of hydrogen-bond acceptors (Lipinski definition) is 12. The number of benzene rings is 4. The number of unbranched alkanes of at least 4 members (excludes halogenated alkanes) is 36. The van der Waals surface area contributed by atoms with Crippen LogP contribution in [0.2, 0.25) is 0 Å². The first-order valence-corrected chi connectivity index (χ1v) is 45.1. The van der Waals surface area contributed by atoms with E-state index in [2.05, 4.69) is 82.6 Å². The van der Waals surface area contributed by atoms with Gasteiger partial charge in [-0.05, 0) is 171 Å². The van der Waals surface area contributed by atoms with Crippen molar-refractivity contribution in [1.82, 2.24) is 9.97 Å². The summed E-state index contributed by atoms with van der Waals surface area (Å²) in [6.45, 7) is 11.5. The summed E-state index contributed by atoms with van der Waals surface area (Å²) in [5.74, 6) is 13.9. The Hall–Kier alpha value is -9.22. The van der Waals surface area contributed by atoms with Gasteiger partial charge in [0, 0.05) is 43.6 Å². The van der Waals surface area contributed by atoms with E-state index in [4.69, 9.17) is 18.9 Å². The summed E-state index contributed by atoms with van der Waals surface area (Å²) < 4.78 is 24.3. The van der Waals surface area contributed by atoms with Gasteiger partial charge < -0.3 is 40.2 Å². The van der Waals surface area contributed by atoms with E-state index in [1.807, 2.05) is 72.8 Å². The molecule has 0 bridgehead atoms. The first-order valence-electron chi connectivity index (χ1n) is 43.5. The van der Waals surface area contributed by atoms with Gasteiger partial charge in [0.1, 0.15) is 45.8 Å². The zero-order valence-corrected chi connectivity index (χ0v) is 70.6. The van der Waals surface area contributed by atoms with Crippen LogP contribution in [0.5, 0.6) is 23.0 Å². The molecule has 0 saturated heterocycles. The molecular formula is C98H128N6O8S2. The molecule has 0 aliphatic rings. The molecular weight excluding hydrogens is 1450 g/mol. The Labute approximate surface area is 690 Å². The van der Waals surface area contributed by atoms with Gasteiger partial charge in [0.25, 0.3) is 23.6 Å². The zero-order valence-electron chi connectivity index (χ0n) is 68.9. The molecule has 610 valence electrons. The largest absolute Gasteiger partial charge is 0.494 e. The van der Waals surface area contributed by atoms with Gasteiger partial charge in [0.2, 0.25) is 0 Å². The normalized spacial score (nSPS) is 10.9. The van der Waals surface area contributed by atoms with Gasteiger partial charge in [-0.25, -0.2) is 9.97 Å². The number of carbonyl (C=O) groups is 4. The van der Waals surface area contributed by atoms with Crippen LogP contribution in [0.15, 0.2) is 146 Å². The van der Waals surface area contributed by atoms with Gasteiger partial charge in [-0.3, -0.25) is 19.2 Å². The molecule has 0 saturated carbocycles. The SMILES string of the molecule is CCCCCCCCCCCCOc1ccc(NC(=O)c2cc(C#Cc3ccc(-c4ccc(C#Cc5cc(C(=O)Nc6ccc(OCCCCCCCCCCCC)cc6)nc(C(=O)Nc6ccc(OCCCCCCCCCCCC)cc6)c5)s4)s3)cc(C(=O)Nc3ccc(OCCCCCCCCCCCC)cc3)n2)cc1. The van der Waals surface area contributed by atoms with E-state index in [9.17, 15) is 19.2 Å². The fourth-order valence-corrected chi connectivity index (χ4v) is 15.3. The van der Waals surface area contributed by atoms with Crippen LogP contribution in [-0.4, -0.2) is 60.0 Å². The third kappa shape index (κ3) is 36.5. The minimum atomic E-state index is -0.499. The van der Waals surface area contributed by atoms with Crippen LogP contribution >= 0.6 is 22.7 Å². The average molecular weight is 1580 g/mol. The Bertz CT molecular complexity index is 3710. The monoisotopic (exact) mass is 1580 g/mol. The molecule has 0 aliphatic carbocycles. The van der Waals surface area contributed by atoms with E-state index in [1.165, 1.54) is 228 Å². The standard InChI is InChI=1S/C98H128N6O8S2/c1-5-9-13-17-21-25-29-33-37-41-69-109-83-55-47-79(48-56-83)99-95(105)89-73-77(74-90(103-89)96(106)100-80-49-57-84(58-50-80)110-70-42-38-34-30-26-22-18-14-10-6-2)45-63-87-65-67-93(113-87)94-68-66-88(114-94)64-46-78-75-91(97(107)101-81-51-59-85(60-52-81)111-71-43-39-35-31-27-23-19-15-11-7-3)104-92(76-78)98(108)102-82-53-61-86(62-54-82)112-72-44-40-36-32-28-24-20-16-12-8-4/h47-62,65-68,73-76H,5-44,69-72H2,1-4H3,(H,99,105)(H,100,106)(H,101,107)(H,102,108). The first kappa shape index (κ1) is 90.3. The second-order valence-electron chi connectivity index (χ2n) is 30.1. The molecule has 0 fully saturated rings. The number of thiophene rings is 2. The van der Waals surface area contributed by atoms with Crippen LogP contribution in [-0.2, 0) is 0 Å². The summed E-state index contributed by atoms with van der Waals surface area (Å²) in [5.41, 5.74) is 3.16. The number of carbonyl (C=O) groups excluding carboxylic acids is 4. The molecule has 4 aromatic heterocycles. The topological polar surface area (TPSA) is 179 Å². The van der Waals surface area contributed by atoms with Crippen LogP contribution in [0.4, 0.5) is 22.7 Å². The van der Waals surface area contributed by atoms with Crippen LogP contribution in [0.25, 0.3) is 9.75 Å². The highest BCUT2D eigenvalue weighted by atomic mass is 32.1. The van der Waals surface area contributed by atoms with Gasteiger partial charge in [0.15, 0.2) is 0 Å². The summed E-state index contributed by atoms with van der Waals surface area (Å²) in [5, 5.41) is 11.9. The number of nitrogens with one attached hydrogen (secondary N) is 4. The summed E-state index contributed by atoms with van der Waals surface area (Å²) in [6.07, 6.45) is 50.1. The fourth-order valence-electron chi connectivity index (χ4n) is 13.4. The number of nitrogens with zero attached hydrogens (tertiary/aromatic N) is 2. The minimum Gasteiger partial charge on any atom is -0.494 e. The zero-order chi connectivity index (χ0) is 80.1. The number of hydrogen-bond donors (Lipinski definition) is 4. The lowest BCUT2D eigenvalue weighted by Crippen LogP contribution is -2.19. The van der Waals surface area contributed by atoms with Crippen molar-refractivity contribution in [1.29, 1.82) is 0 Å². The third-order valence-corrected chi connectivity index (χ3v) is 22.4. The average Bonchev–Trinajstić information content (AvgIpc) is 1.18. The second-order valence-corrected chi connectivity index (χ2v) is 32.3. The molecule has 4 amide bonds. The lowest BCUT2D eigenvalue weighted by atomic mass is 10.1. The first-order chi connectivity index (χ1) is 56.0. The smallest absolute Gasteiger partial charge is 0.274 e. The minimum absolute atomic E-state index is 0.0245. The van der Waals surface area contributed by atoms with Crippen LogP contribution in [0, 0.1) is 23.7 Å². The highest BCUT2D eigenvalue weighted by Gasteiger charge is 2.19. The lowest BCUT2D eigenvalue weighted by molar-refractivity contribution is 0.0998. The maximum atomic E-state index is 14.1. The van der Waals surface area contributed by atoms with Gasteiger partial charge >= 0.3 is 0 Å². The van der Waals surface area contributed by atoms with E-state index in [0.717, 1.165) is 93.9 Å². The van der Waals surface area contributed by atoms with Crippen LogP contribution in [0.1, 0.15) is 347 Å². The van der Waals surface area contributed by atoms with Crippen molar-refractivity contribution in [3.63, 3.8) is 0 Å². The molecule has 14 nitrogen and oxygen atoms in total. The molecule has 114 heavy (non-hydrogen) atoms. The predicted molar refractivity (Wildman–Crippen MR) is 475 cm³/mol. The fraction of sp³-hybridized carbons (Fsp3) is 0.490. The Morgan fingerprint density at radius 2 is 0.465 bits per heavy atom. The molecule has 0 radical (unpaired) electrons. The number of rotatable bonds is 57. The Balaban J connectivity index is 0.919. The number of amides is 4. The molecule has 8 rings (SSSR count). The molecule has 0 atom stereocenters. The maximum Gasteiger partial charge on any atom is 0.274 e. The van der Waals surface area contributed by atoms with Crippen molar-refractivity contribution >= 4 is 69.1 Å². The van der Waals surface area contributed by atoms with Gasteiger partial charge in [-0.1, -0.05) is 283 Å². The highest BCUT2D eigenvalue weighted by Crippen LogP contribution is 2.34. The Morgan fingerprint density at radius 3 is 0.675 bits per heavy atom. The summed E-state index contributed by atoms with van der Waals surface area (Å²) in [7, 11) is 0. The molecule has 0 aliphatic heterocycles. The van der Waals surface area contributed by atoms with Gasteiger partial charge in [0.05, 0.1) is 36.2 Å². The van der Waals surface area contributed by atoms with E-state index in [0.29, 0.717) is 60.3 Å². The quantitative estimate of drug-likeness (QED) is 0.0212. The van der Waals surface area contributed by atoms with Crippen molar-refractivity contribution in [3.8, 4) is 56.4 Å². The molecule has 0 unspecified atom stereocenters. The molecule has 4 aromatic carbocycles. The van der Waals surface area contributed by atoms with Crippen molar-refractivity contribution in [3.05, 3.63) is 189 Å². The Kier molecular flexibility index (Phi) is 43.8. The van der Waals surface area contributed by atoms with E-state index in [-0.39, 0.29) is 22.8 Å². The number of aromatic nitrogens is 2. The highest BCUT2D eigenvalue weighted by molar-refractivity contribution is 7.22. The second kappa shape index (κ2) is 55.3. The molecule has 4 N–H and O–H groups in total. The molecule has 8 aromatic rings. The van der Waals surface area contributed by atoms with Crippen LogP contribution < -0.4 is 40.2 Å². The van der Waals surface area contributed by atoms with Crippen molar-refractivity contribution < 1.29 is 38.1 Å². The van der Waals surface area contributed by atoms with E-state index < -0.39 is 23.6 Å².